The maximum atomic E-state index is 12.3. The molecule has 0 spiro atoms. The van der Waals surface area contributed by atoms with Crippen LogP contribution in [0.25, 0.3) is 5.57 Å². The van der Waals surface area contributed by atoms with Gasteiger partial charge < -0.3 is 5.73 Å². The van der Waals surface area contributed by atoms with Gasteiger partial charge in [-0.1, -0.05) is 6.58 Å². The molecule has 0 atom stereocenters. The van der Waals surface area contributed by atoms with E-state index in [1.807, 2.05) is 0 Å². The van der Waals surface area contributed by atoms with Crippen molar-refractivity contribution < 1.29 is 13.2 Å². The van der Waals surface area contributed by atoms with Gasteiger partial charge in [0, 0.05) is 11.8 Å². The van der Waals surface area contributed by atoms with Gasteiger partial charge in [-0.25, -0.2) is 4.98 Å². The quantitative estimate of drug-likeness (QED) is 0.760. The molecule has 5 heteroatoms. The number of nitrogens with zero attached hydrogens (tertiary/aromatic N) is 1. The molecule has 0 amide bonds. The van der Waals surface area contributed by atoms with E-state index in [0.29, 0.717) is 5.56 Å². The molecule has 0 aliphatic heterocycles. The number of anilines is 1. The summed E-state index contributed by atoms with van der Waals surface area (Å²) in [6.45, 7) is 4.51. The van der Waals surface area contributed by atoms with Crippen LogP contribution in [0, 0.1) is 6.92 Å². The Balaban J connectivity index is 3.15. The number of alkyl halides is 3. The molecular weight excluding hydrogens is 193 g/mol. The molecule has 1 aromatic heterocycles. The van der Waals surface area contributed by atoms with Crippen molar-refractivity contribution in [2.45, 2.75) is 13.1 Å². The Morgan fingerprint density at radius 1 is 1.50 bits per heavy atom. The van der Waals surface area contributed by atoms with Crippen LogP contribution >= 0.6 is 0 Å². The largest absolute Gasteiger partial charge is 0.416 e. The topological polar surface area (TPSA) is 38.9 Å². The van der Waals surface area contributed by atoms with Gasteiger partial charge >= 0.3 is 6.18 Å². The molecule has 14 heavy (non-hydrogen) atoms. The lowest BCUT2D eigenvalue weighted by Gasteiger charge is -2.12. The number of hydrogen-bond acceptors (Lipinski definition) is 2. The Kier molecular flexibility index (Phi) is 2.51. The van der Waals surface area contributed by atoms with E-state index in [1.165, 1.54) is 13.0 Å². The van der Waals surface area contributed by atoms with Gasteiger partial charge in [0.2, 0.25) is 0 Å². The van der Waals surface area contributed by atoms with Crippen LogP contribution in [0.1, 0.15) is 11.1 Å². The van der Waals surface area contributed by atoms with Gasteiger partial charge in [-0.2, -0.15) is 13.2 Å². The normalized spacial score (nSPS) is 11.4. The molecule has 0 saturated carbocycles. The lowest BCUT2D eigenvalue weighted by atomic mass is 10.0. The molecule has 0 unspecified atom stereocenters. The van der Waals surface area contributed by atoms with Crippen molar-refractivity contribution >= 4 is 11.4 Å². The second kappa shape index (κ2) is 3.32. The second-order valence-corrected chi connectivity index (χ2v) is 2.90. The van der Waals surface area contributed by atoms with E-state index < -0.39 is 11.7 Å². The molecule has 0 aliphatic rings. The first-order valence-corrected chi connectivity index (χ1v) is 3.81. The molecule has 0 saturated heterocycles. The van der Waals surface area contributed by atoms with E-state index in [-0.39, 0.29) is 11.4 Å². The SMILES string of the molecule is C=C(c1cnc(N)cc1C)C(F)(F)F. The Morgan fingerprint density at radius 2 is 2.07 bits per heavy atom. The van der Waals surface area contributed by atoms with E-state index in [4.69, 9.17) is 5.73 Å². The number of pyridine rings is 1. The molecule has 0 bridgehead atoms. The third-order valence-electron chi connectivity index (χ3n) is 1.80. The molecule has 2 nitrogen and oxygen atoms in total. The lowest BCUT2D eigenvalue weighted by molar-refractivity contribution is -0.0687. The van der Waals surface area contributed by atoms with Crippen LogP contribution in [0.3, 0.4) is 0 Å². The first-order chi connectivity index (χ1) is 6.32. The highest BCUT2D eigenvalue weighted by molar-refractivity contribution is 5.70. The summed E-state index contributed by atoms with van der Waals surface area (Å²) < 4.78 is 36.8. The van der Waals surface area contributed by atoms with E-state index in [2.05, 4.69) is 11.6 Å². The predicted molar refractivity (Wildman–Crippen MR) is 48.5 cm³/mol. The first kappa shape index (κ1) is 10.6. The fourth-order valence-electron chi connectivity index (χ4n) is 1.05. The Bertz CT molecular complexity index is 369. The summed E-state index contributed by atoms with van der Waals surface area (Å²) in [6.07, 6.45) is -3.34. The molecule has 0 aromatic carbocycles. The summed E-state index contributed by atoms with van der Waals surface area (Å²) in [5, 5.41) is 0. The van der Waals surface area contributed by atoms with E-state index in [9.17, 15) is 13.2 Å². The van der Waals surface area contributed by atoms with Crippen LogP contribution in [0.2, 0.25) is 0 Å². The molecule has 1 rings (SSSR count). The van der Waals surface area contributed by atoms with E-state index in [0.717, 1.165) is 6.20 Å². The summed E-state index contributed by atoms with van der Waals surface area (Å²) in [5.74, 6) is 0.196. The minimum Gasteiger partial charge on any atom is -0.384 e. The average molecular weight is 202 g/mol. The molecule has 0 fully saturated rings. The number of rotatable bonds is 1. The average Bonchev–Trinajstić information content (AvgIpc) is 2.01. The number of aromatic nitrogens is 1. The third kappa shape index (κ3) is 2.04. The van der Waals surface area contributed by atoms with Crippen molar-refractivity contribution in [3.8, 4) is 0 Å². The summed E-state index contributed by atoms with van der Waals surface area (Å²) in [5.41, 5.74) is 4.81. The molecular formula is C9H9F3N2. The minimum atomic E-state index is -4.43. The first-order valence-electron chi connectivity index (χ1n) is 3.81. The number of nitrogen functional groups attached to an aromatic ring is 1. The Labute approximate surface area is 79.3 Å². The molecule has 0 radical (unpaired) electrons. The zero-order chi connectivity index (χ0) is 10.9. The maximum absolute atomic E-state index is 12.3. The standard InChI is InChI=1S/C9H9F3N2/c1-5-3-8(13)14-4-7(5)6(2)9(10,11)12/h3-4H,2H2,1H3,(H2,13,14). The van der Waals surface area contributed by atoms with Crippen molar-refractivity contribution in [2.24, 2.45) is 0 Å². The monoisotopic (exact) mass is 202 g/mol. The Morgan fingerprint density at radius 3 is 2.50 bits per heavy atom. The molecule has 76 valence electrons. The van der Waals surface area contributed by atoms with Crippen molar-refractivity contribution in [3.63, 3.8) is 0 Å². The summed E-state index contributed by atoms with van der Waals surface area (Å²) in [4.78, 5) is 3.59. The van der Waals surface area contributed by atoms with Gasteiger partial charge in [-0.15, -0.1) is 0 Å². The molecule has 0 aliphatic carbocycles. The number of halogens is 3. The Hall–Kier alpha value is -1.52. The predicted octanol–water partition coefficient (Wildman–Crippen LogP) is 2.55. The zero-order valence-corrected chi connectivity index (χ0v) is 7.52. The highest BCUT2D eigenvalue weighted by Crippen LogP contribution is 2.33. The minimum absolute atomic E-state index is 0.0216. The highest BCUT2D eigenvalue weighted by Gasteiger charge is 2.33. The zero-order valence-electron chi connectivity index (χ0n) is 7.52. The van der Waals surface area contributed by atoms with Crippen molar-refractivity contribution in [3.05, 3.63) is 30.0 Å². The van der Waals surface area contributed by atoms with Gasteiger partial charge in [-0.3, -0.25) is 0 Å². The molecule has 1 aromatic rings. The van der Waals surface area contributed by atoms with Crippen LogP contribution in [-0.4, -0.2) is 11.2 Å². The van der Waals surface area contributed by atoms with Crippen LogP contribution < -0.4 is 5.73 Å². The molecule has 1 heterocycles. The van der Waals surface area contributed by atoms with Gasteiger partial charge in [0.1, 0.15) is 5.82 Å². The highest BCUT2D eigenvalue weighted by atomic mass is 19.4. The smallest absolute Gasteiger partial charge is 0.384 e. The van der Waals surface area contributed by atoms with E-state index in [1.54, 1.807) is 0 Å². The second-order valence-electron chi connectivity index (χ2n) is 2.90. The summed E-state index contributed by atoms with van der Waals surface area (Å²) >= 11 is 0. The van der Waals surface area contributed by atoms with E-state index >= 15 is 0 Å². The number of hydrogen-bond donors (Lipinski definition) is 1. The lowest BCUT2D eigenvalue weighted by Crippen LogP contribution is -2.11. The van der Waals surface area contributed by atoms with Gasteiger partial charge in [0.15, 0.2) is 0 Å². The van der Waals surface area contributed by atoms with Crippen LogP contribution in [-0.2, 0) is 0 Å². The van der Waals surface area contributed by atoms with Crippen LogP contribution in [0.15, 0.2) is 18.8 Å². The molecule has 2 N–H and O–H groups in total. The van der Waals surface area contributed by atoms with Gasteiger partial charge in [0.05, 0.1) is 5.57 Å². The van der Waals surface area contributed by atoms with Crippen molar-refractivity contribution in [2.75, 3.05) is 5.73 Å². The summed E-state index contributed by atoms with van der Waals surface area (Å²) in [7, 11) is 0. The van der Waals surface area contributed by atoms with Gasteiger partial charge in [-0.05, 0) is 18.6 Å². The summed E-state index contributed by atoms with van der Waals surface area (Å²) in [6, 6.07) is 1.38. The number of allylic oxidation sites excluding steroid dienone is 1. The van der Waals surface area contributed by atoms with Gasteiger partial charge in [0.25, 0.3) is 0 Å². The van der Waals surface area contributed by atoms with Crippen molar-refractivity contribution in [1.82, 2.24) is 4.98 Å². The number of aryl methyl sites for hydroxylation is 1. The van der Waals surface area contributed by atoms with Crippen LogP contribution in [0.4, 0.5) is 19.0 Å². The van der Waals surface area contributed by atoms with Crippen molar-refractivity contribution in [1.29, 1.82) is 0 Å². The van der Waals surface area contributed by atoms with Crippen LogP contribution in [0.5, 0.6) is 0 Å². The maximum Gasteiger partial charge on any atom is 0.416 e. The third-order valence-corrected chi connectivity index (χ3v) is 1.80. The number of nitrogens with two attached hydrogens (primary N) is 1. The fourth-order valence-corrected chi connectivity index (χ4v) is 1.05. The fraction of sp³-hybridized carbons (Fsp3) is 0.222.